The van der Waals surface area contributed by atoms with Crippen LogP contribution in [0.2, 0.25) is 0 Å². The number of hydrogen-bond acceptors (Lipinski definition) is 6. The maximum absolute atomic E-state index is 11.7. The lowest BCUT2D eigenvalue weighted by Crippen LogP contribution is -2.54. The number of nitro groups is 1. The molecule has 1 fully saturated rings. The highest BCUT2D eigenvalue weighted by molar-refractivity contribution is 5.86. The second-order valence-electron chi connectivity index (χ2n) is 4.91. The fourth-order valence-corrected chi connectivity index (χ4v) is 2.19. The van der Waals surface area contributed by atoms with Gasteiger partial charge in [0.2, 0.25) is 5.91 Å². The van der Waals surface area contributed by atoms with Gasteiger partial charge in [-0.05, 0) is 13.3 Å². The molecule has 2 heterocycles. The van der Waals surface area contributed by atoms with Crippen molar-refractivity contribution in [1.29, 1.82) is 0 Å². The Morgan fingerprint density at radius 3 is 3.00 bits per heavy atom. The molecule has 1 aromatic heterocycles. The number of piperazine rings is 1. The molecule has 8 heteroatoms. The third-order valence-corrected chi connectivity index (χ3v) is 3.36. The second-order valence-corrected chi connectivity index (χ2v) is 4.91. The van der Waals surface area contributed by atoms with E-state index in [0.29, 0.717) is 31.3 Å². The Kier molecular flexibility index (Phi) is 4.56. The van der Waals surface area contributed by atoms with E-state index in [1.54, 1.807) is 11.8 Å². The second kappa shape index (κ2) is 6.38. The van der Waals surface area contributed by atoms with Gasteiger partial charge in [-0.25, -0.2) is 4.98 Å². The van der Waals surface area contributed by atoms with E-state index in [-0.39, 0.29) is 11.6 Å². The molecule has 21 heavy (non-hydrogen) atoms. The largest absolute Gasteiger partial charge is 0.370 e. The number of amides is 1. The van der Waals surface area contributed by atoms with Gasteiger partial charge in [0, 0.05) is 19.6 Å². The summed E-state index contributed by atoms with van der Waals surface area (Å²) in [5, 5.41) is 16.9. The summed E-state index contributed by atoms with van der Waals surface area (Å²) in [4.78, 5) is 28.5. The molecule has 0 aliphatic carbocycles. The molecule has 0 spiro atoms. The first-order valence-corrected chi connectivity index (χ1v) is 6.97. The molecular formula is C13H19N5O3. The van der Waals surface area contributed by atoms with Gasteiger partial charge in [0.05, 0.1) is 17.1 Å². The first-order chi connectivity index (χ1) is 10.0. The first-order valence-electron chi connectivity index (χ1n) is 6.97. The van der Waals surface area contributed by atoms with Crippen molar-refractivity contribution in [1.82, 2.24) is 10.3 Å². The van der Waals surface area contributed by atoms with Crippen LogP contribution < -0.4 is 15.5 Å². The van der Waals surface area contributed by atoms with Gasteiger partial charge in [0.15, 0.2) is 0 Å². The number of carbonyl (C=O) groups is 1. The molecule has 1 aliphatic rings. The lowest BCUT2D eigenvalue weighted by atomic mass is 10.2. The molecular weight excluding hydrogens is 274 g/mol. The highest BCUT2D eigenvalue weighted by Gasteiger charge is 2.28. The SMILES string of the molecule is CCCNc1cc([N+](=O)[O-])cc(N2CCNC(=O)C2C)n1. The quantitative estimate of drug-likeness (QED) is 0.623. The van der Waals surface area contributed by atoms with Crippen molar-refractivity contribution in [2.75, 3.05) is 29.9 Å². The van der Waals surface area contributed by atoms with Crippen molar-refractivity contribution in [3.63, 3.8) is 0 Å². The summed E-state index contributed by atoms with van der Waals surface area (Å²) < 4.78 is 0. The van der Waals surface area contributed by atoms with Gasteiger partial charge in [-0.2, -0.15) is 0 Å². The number of anilines is 2. The molecule has 0 radical (unpaired) electrons. The summed E-state index contributed by atoms with van der Waals surface area (Å²) in [6.45, 7) is 5.53. The molecule has 1 amide bonds. The number of hydrogen-bond donors (Lipinski definition) is 2. The Morgan fingerprint density at radius 2 is 2.33 bits per heavy atom. The van der Waals surface area contributed by atoms with Gasteiger partial charge in [-0.15, -0.1) is 0 Å². The normalized spacial score (nSPS) is 18.3. The smallest absolute Gasteiger partial charge is 0.276 e. The molecule has 114 valence electrons. The zero-order valence-corrected chi connectivity index (χ0v) is 12.1. The minimum absolute atomic E-state index is 0.0308. The maximum Gasteiger partial charge on any atom is 0.276 e. The van der Waals surface area contributed by atoms with Crippen LogP contribution in [0.4, 0.5) is 17.3 Å². The molecule has 1 aliphatic heterocycles. The van der Waals surface area contributed by atoms with Crippen LogP contribution in [0.25, 0.3) is 0 Å². The van der Waals surface area contributed by atoms with Gasteiger partial charge in [0.1, 0.15) is 17.7 Å². The minimum atomic E-state index is -0.447. The van der Waals surface area contributed by atoms with E-state index in [4.69, 9.17) is 0 Å². The van der Waals surface area contributed by atoms with Gasteiger partial charge < -0.3 is 15.5 Å². The van der Waals surface area contributed by atoms with E-state index in [1.807, 2.05) is 6.92 Å². The number of aromatic nitrogens is 1. The first kappa shape index (κ1) is 15.0. The van der Waals surface area contributed by atoms with E-state index < -0.39 is 11.0 Å². The summed E-state index contributed by atoms with van der Waals surface area (Å²) in [5.41, 5.74) is -0.0308. The minimum Gasteiger partial charge on any atom is -0.370 e. The molecule has 2 N–H and O–H groups in total. The van der Waals surface area contributed by atoms with E-state index >= 15 is 0 Å². The van der Waals surface area contributed by atoms with Crippen LogP contribution in [0.3, 0.4) is 0 Å². The van der Waals surface area contributed by atoms with Crippen molar-refractivity contribution in [3.05, 3.63) is 22.2 Å². The predicted octanol–water partition coefficient (Wildman–Crippen LogP) is 1.14. The number of rotatable bonds is 5. The van der Waals surface area contributed by atoms with Crippen LogP contribution in [0, 0.1) is 10.1 Å². The van der Waals surface area contributed by atoms with Crippen LogP contribution in [-0.4, -0.2) is 41.5 Å². The molecule has 1 aromatic rings. The third-order valence-electron chi connectivity index (χ3n) is 3.36. The molecule has 0 saturated carbocycles. The van der Waals surface area contributed by atoms with E-state index in [1.165, 1.54) is 12.1 Å². The summed E-state index contributed by atoms with van der Waals surface area (Å²) in [6.07, 6.45) is 0.891. The van der Waals surface area contributed by atoms with Gasteiger partial charge in [-0.1, -0.05) is 6.92 Å². The predicted molar refractivity (Wildman–Crippen MR) is 79.5 cm³/mol. The van der Waals surface area contributed by atoms with Crippen LogP contribution in [0.15, 0.2) is 12.1 Å². The fourth-order valence-electron chi connectivity index (χ4n) is 2.19. The summed E-state index contributed by atoms with van der Waals surface area (Å²) in [6, 6.07) is 2.42. The number of pyridine rings is 1. The van der Waals surface area contributed by atoms with Gasteiger partial charge >= 0.3 is 0 Å². The molecule has 1 saturated heterocycles. The highest BCUT2D eigenvalue weighted by Crippen LogP contribution is 2.25. The number of nitrogens with one attached hydrogen (secondary N) is 2. The fraction of sp³-hybridized carbons (Fsp3) is 0.538. The van der Waals surface area contributed by atoms with E-state index in [9.17, 15) is 14.9 Å². The molecule has 1 atom stereocenters. The monoisotopic (exact) mass is 293 g/mol. The number of carbonyl (C=O) groups excluding carboxylic acids is 1. The topological polar surface area (TPSA) is 100 Å². The Balaban J connectivity index is 2.34. The average molecular weight is 293 g/mol. The van der Waals surface area contributed by atoms with Crippen molar-refractivity contribution in [2.24, 2.45) is 0 Å². The van der Waals surface area contributed by atoms with E-state index in [2.05, 4.69) is 15.6 Å². The average Bonchev–Trinajstić information content (AvgIpc) is 2.47. The third kappa shape index (κ3) is 3.39. The van der Waals surface area contributed by atoms with Crippen molar-refractivity contribution >= 4 is 23.2 Å². The Morgan fingerprint density at radius 1 is 1.57 bits per heavy atom. The lowest BCUT2D eigenvalue weighted by molar-refractivity contribution is -0.384. The zero-order valence-electron chi connectivity index (χ0n) is 12.1. The van der Waals surface area contributed by atoms with Crippen LogP contribution in [0.5, 0.6) is 0 Å². The number of nitrogens with zero attached hydrogens (tertiary/aromatic N) is 3. The zero-order chi connectivity index (χ0) is 15.4. The standard InChI is InChI=1S/C13H19N5O3/c1-3-4-14-11-7-10(18(20)21)8-12(16-11)17-6-5-15-13(19)9(17)2/h7-9H,3-6H2,1-2H3,(H,14,16)(H,15,19). The summed E-state index contributed by atoms with van der Waals surface area (Å²) >= 11 is 0. The van der Waals surface area contributed by atoms with Gasteiger partial charge in [0.25, 0.3) is 5.69 Å². The lowest BCUT2D eigenvalue weighted by Gasteiger charge is -2.33. The Labute approximate surface area is 122 Å². The Hall–Kier alpha value is -2.38. The molecule has 1 unspecified atom stereocenters. The van der Waals surface area contributed by atoms with Gasteiger partial charge in [-0.3, -0.25) is 14.9 Å². The molecule has 2 rings (SSSR count). The summed E-state index contributed by atoms with van der Waals surface area (Å²) in [7, 11) is 0. The van der Waals surface area contributed by atoms with Crippen LogP contribution in [-0.2, 0) is 4.79 Å². The van der Waals surface area contributed by atoms with Crippen molar-refractivity contribution in [2.45, 2.75) is 26.3 Å². The maximum atomic E-state index is 11.7. The Bertz CT molecular complexity index is 549. The highest BCUT2D eigenvalue weighted by atomic mass is 16.6. The van der Waals surface area contributed by atoms with E-state index in [0.717, 1.165) is 6.42 Å². The summed E-state index contributed by atoms with van der Waals surface area (Å²) in [5.74, 6) is 0.807. The van der Waals surface area contributed by atoms with Crippen molar-refractivity contribution < 1.29 is 9.72 Å². The van der Waals surface area contributed by atoms with Crippen LogP contribution >= 0.6 is 0 Å². The van der Waals surface area contributed by atoms with Crippen LogP contribution in [0.1, 0.15) is 20.3 Å². The molecule has 0 bridgehead atoms. The molecule has 0 aromatic carbocycles. The molecule has 8 nitrogen and oxygen atoms in total. The van der Waals surface area contributed by atoms with Crippen molar-refractivity contribution in [3.8, 4) is 0 Å².